The van der Waals surface area contributed by atoms with Crippen LogP contribution in [0.2, 0.25) is 5.15 Å². The molecule has 0 unspecified atom stereocenters. The van der Waals surface area contributed by atoms with E-state index in [9.17, 15) is 4.79 Å². The molecule has 4 heteroatoms. The van der Waals surface area contributed by atoms with Crippen molar-refractivity contribution in [3.63, 3.8) is 0 Å². The van der Waals surface area contributed by atoms with Crippen molar-refractivity contribution in [3.05, 3.63) is 23.2 Å². The average Bonchev–Trinajstić information content (AvgIpc) is 2.90. The Morgan fingerprint density at radius 2 is 2.23 bits per heavy atom. The summed E-state index contributed by atoms with van der Waals surface area (Å²) in [5.74, 6) is 0. The Morgan fingerprint density at radius 1 is 1.46 bits per heavy atom. The van der Waals surface area contributed by atoms with Crippen LogP contribution in [0.25, 0.3) is 0 Å². The molecule has 1 saturated carbocycles. The largest absolute Gasteiger partial charge is 0.303 e. The zero-order valence-corrected chi connectivity index (χ0v) is 7.79. The SMILES string of the molecule is O=CC1(Cc2cnc(Cl)cn2)CC1. The van der Waals surface area contributed by atoms with E-state index >= 15 is 0 Å². The minimum atomic E-state index is -0.136. The summed E-state index contributed by atoms with van der Waals surface area (Å²) >= 11 is 5.59. The number of aromatic nitrogens is 2. The van der Waals surface area contributed by atoms with Gasteiger partial charge in [0.15, 0.2) is 0 Å². The summed E-state index contributed by atoms with van der Waals surface area (Å²) in [4.78, 5) is 18.7. The zero-order chi connectivity index (χ0) is 9.31. The maximum atomic E-state index is 10.7. The minimum absolute atomic E-state index is 0.136. The summed E-state index contributed by atoms with van der Waals surface area (Å²) in [6, 6.07) is 0. The topological polar surface area (TPSA) is 42.9 Å². The lowest BCUT2D eigenvalue weighted by Gasteiger charge is -2.04. The van der Waals surface area contributed by atoms with Gasteiger partial charge >= 0.3 is 0 Å². The van der Waals surface area contributed by atoms with E-state index in [1.807, 2.05) is 0 Å². The van der Waals surface area contributed by atoms with Crippen molar-refractivity contribution in [1.82, 2.24) is 9.97 Å². The van der Waals surface area contributed by atoms with Gasteiger partial charge in [-0.15, -0.1) is 0 Å². The first kappa shape index (κ1) is 8.63. The van der Waals surface area contributed by atoms with Crippen LogP contribution >= 0.6 is 11.6 Å². The van der Waals surface area contributed by atoms with E-state index in [0.29, 0.717) is 11.6 Å². The van der Waals surface area contributed by atoms with Crippen molar-refractivity contribution in [2.45, 2.75) is 19.3 Å². The van der Waals surface area contributed by atoms with Crippen LogP contribution in [-0.4, -0.2) is 16.3 Å². The van der Waals surface area contributed by atoms with Crippen LogP contribution in [0.4, 0.5) is 0 Å². The van der Waals surface area contributed by atoms with Gasteiger partial charge in [0.25, 0.3) is 0 Å². The highest BCUT2D eigenvalue weighted by atomic mass is 35.5. The van der Waals surface area contributed by atoms with Crippen molar-refractivity contribution in [2.24, 2.45) is 5.41 Å². The predicted octanol–water partition coefficient (Wildman–Crippen LogP) is 1.65. The Morgan fingerprint density at radius 3 is 2.69 bits per heavy atom. The number of nitrogens with zero attached hydrogens (tertiary/aromatic N) is 2. The number of hydrogen-bond donors (Lipinski definition) is 0. The summed E-state index contributed by atoms with van der Waals surface area (Å²) < 4.78 is 0. The lowest BCUT2D eigenvalue weighted by molar-refractivity contribution is -0.112. The Bertz CT molecular complexity index is 319. The Labute approximate surface area is 81.2 Å². The van der Waals surface area contributed by atoms with Crippen molar-refractivity contribution >= 4 is 17.9 Å². The fraction of sp³-hybridized carbons (Fsp3) is 0.444. The van der Waals surface area contributed by atoms with Gasteiger partial charge in [-0.05, 0) is 12.8 Å². The van der Waals surface area contributed by atoms with Gasteiger partial charge in [0.2, 0.25) is 0 Å². The second kappa shape index (κ2) is 3.07. The van der Waals surface area contributed by atoms with Crippen molar-refractivity contribution in [2.75, 3.05) is 0 Å². The fourth-order valence-corrected chi connectivity index (χ4v) is 1.39. The van der Waals surface area contributed by atoms with Gasteiger partial charge in [0, 0.05) is 11.8 Å². The molecule has 1 heterocycles. The molecular weight excluding hydrogens is 188 g/mol. The number of rotatable bonds is 3. The molecule has 1 fully saturated rings. The monoisotopic (exact) mass is 196 g/mol. The van der Waals surface area contributed by atoms with E-state index in [2.05, 4.69) is 9.97 Å². The van der Waals surface area contributed by atoms with Gasteiger partial charge in [0.1, 0.15) is 11.4 Å². The molecule has 3 nitrogen and oxygen atoms in total. The summed E-state index contributed by atoms with van der Waals surface area (Å²) in [6.07, 6.45) is 6.81. The standard InChI is InChI=1S/C9H9ClN2O/c10-8-5-11-7(4-12-8)3-9(6-13)1-2-9/h4-6H,1-3H2. The molecule has 0 amide bonds. The van der Waals surface area contributed by atoms with E-state index in [1.165, 1.54) is 6.20 Å². The summed E-state index contributed by atoms with van der Waals surface area (Å²) in [5.41, 5.74) is 0.705. The number of aldehydes is 1. The lowest BCUT2D eigenvalue weighted by atomic mass is 10.0. The van der Waals surface area contributed by atoms with Crippen LogP contribution in [0.1, 0.15) is 18.5 Å². The quantitative estimate of drug-likeness (QED) is 0.691. The molecule has 0 atom stereocenters. The van der Waals surface area contributed by atoms with Gasteiger partial charge in [-0.3, -0.25) is 4.98 Å². The number of hydrogen-bond acceptors (Lipinski definition) is 3. The van der Waals surface area contributed by atoms with Gasteiger partial charge in [0.05, 0.1) is 18.1 Å². The lowest BCUT2D eigenvalue weighted by Crippen LogP contribution is -2.07. The molecule has 0 bridgehead atoms. The number of carbonyl (C=O) groups excluding carboxylic acids is 1. The summed E-state index contributed by atoms with van der Waals surface area (Å²) in [6.45, 7) is 0. The van der Waals surface area contributed by atoms with E-state index in [-0.39, 0.29) is 5.41 Å². The van der Waals surface area contributed by atoms with Gasteiger partial charge < -0.3 is 4.79 Å². The molecule has 0 radical (unpaired) electrons. The average molecular weight is 197 g/mol. The highest BCUT2D eigenvalue weighted by Gasteiger charge is 2.42. The summed E-state index contributed by atoms with van der Waals surface area (Å²) in [5, 5.41) is 0.389. The first-order valence-electron chi connectivity index (χ1n) is 4.17. The third kappa shape index (κ3) is 1.86. The molecule has 1 aromatic heterocycles. The molecule has 0 saturated heterocycles. The molecular formula is C9H9ClN2O. The molecule has 1 aromatic rings. The van der Waals surface area contributed by atoms with Gasteiger partial charge in [-0.25, -0.2) is 4.98 Å². The van der Waals surface area contributed by atoms with Crippen LogP contribution in [0.15, 0.2) is 12.4 Å². The molecule has 0 N–H and O–H groups in total. The third-order valence-electron chi connectivity index (χ3n) is 2.35. The smallest absolute Gasteiger partial charge is 0.147 e. The molecule has 0 aliphatic heterocycles. The second-order valence-corrected chi connectivity index (χ2v) is 3.87. The third-order valence-corrected chi connectivity index (χ3v) is 2.54. The molecule has 13 heavy (non-hydrogen) atoms. The first-order valence-corrected chi connectivity index (χ1v) is 4.55. The van der Waals surface area contributed by atoms with Crippen LogP contribution in [-0.2, 0) is 11.2 Å². The van der Waals surface area contributed by atoms with Gasteiger partial charge in [-0.2, -0.15) is 0 Å². The molecule has 0 spiro atoms. The zero-order valence-electron chi connectivity index (χ0n) is 7.03. The van der Waals surface area contributed by atoms with Crippen LogP contribution in [0.3, 0.4) is 0 Å². The second-order valence-electron chi connectivity index (χ2n) is 3.49. The van der Waals surface area contributed by atoms with Crippen molar-refractivity contribution in [3.8, 4) is 0 Å². The van der Waals surface area contributed by atoms with Crippen LogP contribution in [0.5, 0.6) is 0 Å². The highest BCUT2D eigenvalue weighted by molar-refractivity contribution is 6.29. The van der Waals surface area contributed by atoms with E-state index in [1.54, 1.807) is 6.20 Å². The maximum Gasteiger partial charge on any atom is 0.147 e. The van der Waals surface area contributed by atoms with E-state index in [4.69, 9.17) is 11.6 Å². The predicted molar refractivity (Wildman–Crippen MR) is 48.5 cm³/mol. The normalized spacial score (nSPS) is 18.2. The fourth-order valence-electron chi connectivity index (χ4n) is 1.29. The molecule has 2 rings (SSSR count). The van der Waals surface area contributed by atoms with E-state index < -0.39 is 0 Å². The van der Waals surface area contributed by atoms with E-state index in [0.717, 1.165) is 24.8 Å². The Balaban J connectivity index is 2.10. The van der Waals surface area contributed by atoms with Crippen molar-refractivity contribution in [1.29, 1.82) is 0 Å². The number of halogens is 1. The minimum Gasteiger partial charge on any atom is -0.303 e. The van der Waals surface area contributed by atoms with Crippen LogP contribution < -0.4 is 0 Å². The molecule has 68 valence electrons. The number of carbonyl (C=O) groups is 1. The maximum absolute atomic E-state index is 10.7. The molecule has 1 aliphatic carbocycles. The molecule has 0 aromatic carbocycles. The summed E-state index contributed by atoms with van der Waals surface area (Å²) in [7, 11) is 0. The first-order chi connectivity index (χ1) is 6.24. The van der Waals surface area contributed by atoms with Crippen molar-refractivity contribution < 1.29 is 4.79 Å². The Hall–Kier alpha value is -0.960. The van der Waals surface area contributed by atoms with Gasteiger partial charge in [-0.1, -0.05) is 11.6 Å². The highest BCUT2D eigenvalue weighted by Crippen LogP contribution is 2.45. The molecule has 1 aliphatic rings. The van der Waals surface area contributed by atoms with Crippen LogP contribution in [0, 0.1) is 5.41 Å². The Kier molecular flexibility index (Phi) is 2.04.